The fourth-order valence-electron chi connectivity index (χ4n) is 25.6. The Morgan fingerprint density at radius 2 is 0.660 bits per heavy atom. The van der Waals surface area contributed by atoms with Crippen LogP contribution in [0, 0.1) is 71.0 Å². The Labute approximate surface area is 852 Å². The standard InChI is InChI=1S/3C37H49ClN2O6S/c3*1-24(2)35-25(3)7-5-9-33(45-18-17-44-4)30-13-10-28(30)21-40-22-37(16-6-8-26-19-29(38)12-14-31(26)37)23-46-34-15-11-27(20-32(34)40)36(41)39-47(35,42)43/h3*5,9,11-12,14-15,19-20,24-25,28,30,33,35H,6-8,10,13,16-18,21-23H2,1-4H3,(H,39,41)/b3*9-5+/t25-,28+,30-,33+,35+,37+;25-,28+,30-,33+,35-,37+;25-,28-,30+,33-,35+,37-/m110/s1. The summed E-state index contributed by atoms with van der Waals surface area (Å²) in [4.78, 5) is 48.2. The van der Waals surface area contributed by atoms with Crippen LogP contribution >= 0.6 is 34.8 Å². The van der Waals surface area contributed by atoms with Gasteiger partial charge in [-0.2, -0.15) is 0 Å². The van der Waals surface area contributed by atoms with Crippen molar-refractivity contribution < 1.29 is 82.3 Å². The topological polar surface area (TPSA) is 283 Å². The van der Waals surface area contributed by atoms with Gasteiger partial charge in [0, 0.05) is 109 Å². The van der Waals surface area contributed by atoms with E-state index < -0.39 is 63.5 Å². The molecule has 3 N–H and O–H groups in total. The fraction of sp³-hybridized carbons (Fsp3) is 0.595. The van der Waals surface area contributed by atoms with Gasteiger partial charge in [-0.3, -0.25) is 14.4 Å². The van der Waals surface area contributed by atoms with E-state index >= 15 is 0 Å². The lowest BCUT2D eigenvalue weighted by Crippen LogP contribution is -2.50. The van der Waals surface area contributed by atoms with Gasteiger partial charge >= 0.3 is 0 Å². The molecular weight excluding hydrogens is 1910 g/mol. The van der Waals surface area contributed by atoms with Crippen molar-refractivity contribution in [3.8, 4) is 17.2 Å². The highest BCUT2D eigenvalue weighted by atomic mass is 35.5. The number of carbonyl (C=O) groups is 3. The average molecular weight is 2060 g/mol. The molecule has 0 unspecified atom stereocenters. The lowest BCUT2D eigenvalue weighted by atomic mass is 9.68. The van der Waals surface area contributed by atoms with Crippen LogP contribution in [0.2, 0.25) is 15.1 Å². The molecule has 6 aromatic carbocycles. The van der Waals surface area contributed by atoms with Crippen LogP contribution < -0.4 is 43.1 Å². The quantitative estimate of drug-likeness (QED) is 0.0636. The molecule has 3 amide bonds. The third kappa shape index (κ3) is 23.8. The van der Waals surface area contributed by atoms with Gasteiger partial charge in [-0.25, -0.2) is 39.4 Å². The Morgan fingerprint density at radius 3 is 0.908 bits per heavy atom. The second kappa shape index (κ2) is 45.7. The molecule has 6 aliphatic heterocycles. The van der Waals surface area contributed by atoms with Crippen molar-refractivity contribution in [2.75, 3.05) is 135 Å². The van der Waals surface area contributed by atoms with Crippen LogP contribution in [0.1, 0.15) is 223 Å². The number of nitrogens with zero attached hydrogens (tertiary/aromatic N) is 3. The molecule has 0 radical (unpaired) electrons. The number of hydrogen-bond acceptors (Lipinski definition) is 21. The second-order valence-corrected chi connectivity index (χ2v) is 50.2. The van der Waals surface area contributed by atoms with Gasteiger partial charge < -0.3 is 57.3 Å². The van der Waals surface area contributed by atoms with E-state index in [9.17, 15) is 39.6 Å². The van der Waals surface area contributed by atoms with Gasteiger partial charge in [0.05, 0.1) is 111 Å². The fourth-order valence-corrected chi connectivity index (χ4v) is 32.0. The van der Waals surface area contributed by atoms with E-state index in [2.05, 4.69) is 102 Å². The molecule has 3 spiro atoms. The van der Waals surface area contributed by atoms with Crippen LogP contribution in [-0.2, 0) is 94.0 Å². The SMILES string of the molecule is COCCO[C@H]1/C=C/C[C@@H](C)[C@@H](C(C)C)S(=O)(=O)NC(=O)c2ccc3c(c2)N(C[C@@H]2CC[C@H]21)C[C@@]1(CCCc2cc(Cl)ccc21)CO3.COCCO[C@H]1/C=C/C[C@@H](C)[C@H](C(C)C)S(=O)(=O)NC(=O)c2ccc3c(c2)N(C[C@@H]2CC[C@H]21)C[C@@]1(CCCc2cc(Cl)ccc21)CO3.COCCO[C@H]1/C=C/C[C@H](C)[C@@H](C(C)C)S(=O)(=O)NC(=O)c2ccc3c(c2)N(C[C@@H]2CC[C@H]21)C[C@@]1(CCCc2cc(Cl)ccc21)CO3. The first-order valence-electron chi connectivity index (χ1n) is 51.5. The summed E-state index contributed by atoms with van der Waals surface area (Å²) < 4.78 is 145. The highest BCUT2D eigenvalue weighted by molar-refractivity contribution is 7.91. The summed E-state index contributed by atoms with van der Waals surface area (Å²) in [7, 11) is -6.89. The van der Waals surface area contributed by atoms with Crippen LogP contribution in [0.3, 0.4) is 0 Å². The number of benzene rings is 6. The molecule has 6 aliphatic carbocycles. The second-order valence-electron chi connectivity index (χ2n) is 43.3. The zero-order valence-corrected chi connectivity index (χ0v) is 88.8. The smallest absolute Gasteiger partial charge is 0.264 e. The third-order valence-corrected chi connectivity index (χ3v) is 40.0. The highest BCUT2D eigenvalue weighted by Gasteiger charge is 2.51. The molecule has 18 atom stereocenters. The van der Waals surface area contributed by atoms with Gasteiger partial charge in [0.25, 0.3) is 17.7 Å². The van der Waals surface area contributed by atoms with Gasteiger partial charge in [0.2, 0.25) is 30.1 Å². The Morgan fingerprint density at radius 1 is 0.383 bits per heavy atom. The molecule has 24 nitrogen and oxygen atoms in total. The van der Waals surface area contributed by atoms with E-state index in [0.717, 1.165) is 168 Å². The van der Waals surface area contributed by atoms with E-state index in [-0.39, 0.29) is 70.1 Å². The minimum absolute atomic E-state index is 0.0987. The highest BCUT2D eigenvalue weighted by Crippen LogP contribution is 2.53. The first-order valence-corrected chi connectivity index (χ1v) is 57.2. The van der Waals surface area contributed by atoms with Crippen molar-refractivity contribution in [2.24, 2.45) is 71.0 Å². The predicted molar refractivity (Wildman–Crippen MR) is 558 cm³/mol. The Bertz CT molecular complexity index is 5340. The van der Waals surface area contributed by atoms with E-state index in [1.54, 1.807) is 39.5 Å². The van der Waals surface area contributed by atoms with Crippen LogP contribution in [0.5, 0.6) is 17.2 Å². The van der Waals surface area contributed by atoms with Crippen LogP contribution in [0.15, 0.2) is 146 Å². The number of allylic oxidation sites excluding steroid dienone is 3. The molecule has 0 saturated heterocycles. The molecule has 141 heavy (non-hydrogen) atoms. The maximum Gasteiger partial charge on any atom is 0.264 e. The monoisotopic (exact) mass is 2050 g/mol. The summed E-state index contributed by atoms with van der Waals surface area (Å²) in [6.45, 7) is 26.2. The van der Waals surface area contributed by atoms with E-state index in [1.807, 2.05) is 117 Å². The first kappa shape index (κ1) is 106. The molecule has 18 rings (SSSR count). The largest absolute Gasteiger partial charge is 0.490 e. The van der Waals surface area contributed by atoms with Gasteiger partial charge in [-0.05, 0) is 311 Å². The molecule has 6 aromatic rings. The number of ether oxygens (including phenoxy) is 9. The van der Waals surface area contributed by atoms with Gasteiger partial charge in [-0.15, -0.1) is 0 Å². The van der Waals surface area contributed by atoms with Crippen molar-refractivity contribution in [1.82, 2.24) is 14.2 Å². The number of hydrogen-bond donors (Lipinski definition) is 3. The lowest BCUT2D eigenvalue weighted by Gasteiger charge is -2.46. The minimum atomic E-state index is -3.97. The number of carbonyl (C=O) groups excluding carboxylic acids is 3. The number of amides is 3. The summed E-state index contributed by atoms with van der Waals surface area (Å²) in [5.41, 5.74) is 10.3. The Kier molecular flexibility index (Phi) is 34.4. The molecule has 12 aliphatic rings. The number of aryl methyl sites for hydroxylation is 3. The molecule has 3 saturated carbocycles. The van der Waals surface area contributed by atoms with Crippen LogP contribution in [-0.4, -0.2) is 197 Å². The number of halogens is 3. The van der Waals surface area contributed by atoms with Crippen molar-refractivity contribution in [2.45, 2.75) is 228 Å². The normalized spacial score (nSPS) is 31.1. The molecule has 6 heterocycles. The number of methoxy groups -OCH3 is 3. The van der Waals surface area contributed by atoms with E-state index in [1.165, 1.54) is 33.4 Å². The summed E-state index contributed by atoms with van der Waals surface area (Å²) in [5.74, 6) is 1.14. The lowest BCUT2D eigenvalue weighted by molar-refractivity contribution is -0.0310. The molecule has 6 bridgehead atoms. The number of rotatable bonds is 15. The van der Waals surface area contributed by atoms with Crippen LogP contribution in [0.25, 0.3) is 0 Å². The van der Waals surface area contributed by atoms with Gasteiger partial charge in [0.15, 0.2) is 0 Å². The van der Waals surface area contributed by atoms with Crippen molar-refractivity contribution >= 4 is 99.7 Å². The van der Waals surface area contributed by atoms with Crippen molar-refractivity contribution in [3.63, 3.8) is 0 Å². The van der Waals surface area contributed by atoms with E-state index in [0.29, 0.717) is 148 Å². The number of sulfonamides is 3. The van der Waals surface area contributed by atoms with Crippen molar-refractivity contribution in [3.05, 3.63) is 211 Å². The van der Waals surface area contributed by atoms with Crippen LogP contribution in [0.4, 0.5) is 17.1 Å². The van der Waals surface area contributed by atoms with Gasteiger partial charge in [0.1, 0.15) is 17.2 Å². The molecule has 0 aromatic heterocycles. The molecule has 768 valence electrons. The first-order chi connectivity index (χ1) is 67.5. The summed E-state index contributed by atoms with van der Waals surface area (Å²) in [6.07, 6.45) is 29.4. The maximum atomic E-state index is 13.8. The summed E-state index contributed by atoms with van der Waals surface area (Å²) in [5, 5.41) is 0.00537. The van der Waals surface area contributed by atoms with Crippen molar-refractivity contribution in [1.29, 1.82) is 0 Å². The molecule has 30 heteroatoms. The zero-order chi connectivity index (χ0) is 100. The van der Waals surface area contributed by atoms with Gasteiger partial charge in [-0.1, -0.05) is 152 Å². The number of nitrogens with one attached hydrogen (secondary N) is 3. The Hall–Kier alpha value is -7.77. The number of anilines is 3. The zero-order valence-electron chi connectivity index (χ0n) is 84.1. The molecule has 3 fully saturated rings. The predicted octanol–water partition coefficient (Wildman–Crippen LogP) is 19.7. The third-order valence-electron chi connectivity index (χ3n) is 32.7. The molecular formula is C111H147Cl3N6O18S3. The summed E-state index contributed by atoms with van der Waals surface area (Å²) >= 11 is 19.3. The van der Waals surface area contributed by atoms with E-state index in [4.69, 9.17) is 77.4 Å². The Balaban J connectivity index is 0.000000152. The number of fused-ring (bicyclic) bond motifs is 12. The summed E-state index contributed by atoms with van der Waals surface area (Å²) in [6, 6.07) is 34.7. The average Bonchev–Trinajstić information content (AvgIpc) is 1.69. The maximum absolute atomic E-state index is 13.8. The minimum Gasteiger partial charge on any atom is -0.490 e.